The van der Waals surface area contributed by atoms with E-state index in [0.29, 0.717) is 0 Å². The van der Waals surface area contributed by atoms with Gasteiger partial charge in [0.2, 0.25) is 17.7 Å². The van der Waals surface area contributed by atoms with E-state index in [1.165, 1.54) is 22.3 Å². The van der Waals surface area contributed by atoms with E-state index in [0.717, 1.165) is 214 Å². The Hall–Kier alpha value is -11.6. The molecule has 10 atom stereocenters. The molecule has 117 heavy (non-hydrogen) atoms. The molecule has 0 bridgehead atoms. The van der Waals surface area contributed by atoms with Crippen molar-refractivity contribution in [1.82, 2.24) is 45.3 Å². The topological polar surface area (TPSA) is 220 Å². The molecular weight excluding hydrogens is 1460 g/mol. The number of carbonyl (C=O) groups excluding carboxylic acids is 3. The Morgan fingerprint density at radius 3 is 1.27 bits per heavy atom. The molecule has 0 unspecified atom stereocenters. The van der Waals surface area contributed by atoms with Gasteiger partial charge in [0.05, 0.1) is 102 Å². The fraction of sp³-hybridized carbons (Fsp3) is 0.320. The largest absolute Gasteiger partial charge is 0.497 e. The zero-order chi connectivity index (χ0) is 79.8. The third-order valence-electron chi connectivity index (χ3n) is 25.6. The molecule has 9 heterocycles. The lowest BCUT2D eigenvalue weighted by Crippen LogP contribution is -2.44. The number of nitrogens with one attached hydrogen (secondary N) is 5. The fourth-order valence-corrected chi connectivity index (χ4v) is 19.6. The number of morpholine rings is 3. The molecule has 3 amide bonds. The number of fused-ring (bicyclic) bond motifs is 9. The number of aromatic amines is 3. The van der Waals surface area contributed by atoms with Gasteiger partial charge in [0.15, 0.2) is 0 Å². The van der Waals surface area contributed by atoms with Gasteiger partial charge < -0.3 is 39.2 Å². The van der Waals surface area contributed by atoms with Gasteiger partial charge in [0.1, 0.15) is 11.5 Å². The number of aromatic nitrogens is 6. The van der Waals surface area contributed by atoms with Gasteiger partial charge in [-0.2, -0.15) is 15.3 Å². The average molecular weight is 1560 g/mol. The lowest BCUT2D eigenvalue weighted by Gasteiger charge is -2.35. The number of likely N-dealkylation sites (N-methyl/N-ethyl adjacent to an activating group) is 1. The summed E-state index contributed by atoms with van der Waals surface area (Å²) < 4.78 is 28.1. The molecule has 3 aliphatic carbocycles. The maximum atomic E-state index is 13.4. The van der Waals surface area contributed by atoms with Crippen LogP contribution >= 0.6 is 0 Å². The lowest BCUT2D eigenvalue weighted by molar-refractivity contribution is -0.120. The first-order valence-corrected chi connectivity index (χ1v) is 41.2. The van der Waals surface area contributed by atoms with Gasteiger partial charge >= 0.3 is 0 Å². The summed E-state index contributed by atoms with van der Waals surface area (Å²) in [6, 6.07) is 65.4. The number of hydrogen-bond acceptors (Lipinski definition) is 14. The number of nitrogens with zero attached hydrogens (tertiary/aromatic N) is 7. The summed E-state index contributed by atoms with van der Waals surface area (Å²) in [5.41, 5.74) is 21.2. The minimum atomic E-state index is -0.509. The highest BCUT2D eigenvalue weighted by Gasteiger charge is 2.68. The molecular formula is C97H98N12O8. The van der Waals surface area contributed by atoms with Crippen molar-refractivity contribution in [3.05, 3.63) is 272 Å². The van der Waals surface area contributed by atoms with Crippen LogP contribution in [0.2, 0.25) is 0 Å². The van der Waals surface area contributed by atoms with Gasteiger partial charge in [-0.1, -0.05) is 146 Å². The van der Waals surface area contributed by atoms with E-state index in [1.54, 1.807) is 19.1 Å². The van der Waals surface area contributed by atoms with Crippen molar-refractivity contribution in [2.45, 2.75) is 125 Å². The van der Waals surface area contributed by atoms with E-state index in [2.05, 4.69) is 254 Å². The van der Waals surface area contributed by atoms with E-state index in [4.69, 9.17) is 23.7 Å². The number of rotatable bonds is 17. The number of amides is 3. The molecule has 20 nitrogen and oxygen atoms in total. The molecule has 12 aromatic rings. The monoisotopic (exact) mass is 1560 g/mol. The second-order valence-corrected chi connectivity index (χ2v) is 33.6. The molecule has 9 aliphatic rings. The maximum absolute atomic E-state index is 13.4. The van der Waals surface area contributed by atoms with E-state index in [9.17, 15) is 14.4 Å². The predicted octanol–water partition coefficient (Wildman–Crippen LogP) is 16.4. The summed E-state index contributed by atoms with van der Waals surface area (Å²) in [7, 11) is 5.19. The molecule has 3 aromatic heterocycles. The summed E-state index contributed by atoms with van der Waals surface area (Å²) in [4.78, 5) is 48.5. The number of methoxy groups -OCH3 is 2. The first kappa shape index (κ1) is 75.4. The third kappa shape index (κ3) is 14.4. The molecule has 5 N–H and O–H groups in total. The van der Waals surface area contributed by atoms with Crippen molar-refractivity contribution in [1.29, 1.82) is 0 Å². The third-order valence-corrected chi connectivity index (χ3v) is 25.6. The van der Waals surface area contributed by atoms with Crippen molar-refractivity contribution in [3.63, 3.8) is 0 Å². The molecule has 6 fully saturated rings. The number of carbonyl (C=O) groups is 3. The maximum Gasteiger partial charge on any atom is 0.238 e. The molecule has 6 aliphatic heterocycles. The molecule has 594 valence electrons. The minimum Gasteiger partial charge on any atom is -0.497 e. The fourth-order valence-electron chi connectivity index (χ4n) is 19.6. The lowest BCUT2D eigenvalue weighted by atomic mass is 9.91. The highest BCUT2D eigenvalue weighted by Crippen LogP contribution is 2.68. The quantitative estimate of drug-likeness (QED) is 0.0573. The first-order chi connectivity index (χ1) is 57.0. The standard InChI is InChI=1S/C33H34N4O3.C32H32N4O3.C32H32N4O2/c1-20-17-37(18-21(2)40-20)19-23-6-4-22(5-7-23)8-12-29-26-11-9-24(14-31(26)36-35-29)28-16-33(28)27-15-25(39-3)10-13-30(27)34-32(33)38;1-35-30-12-9-24(38-2)18-26(30)32(31(35)37)19-27(32)23-8-10-25-28(33-34-29(25)17-23)11-7-21-3-5-22(6-4-21)20-36-13-15-39-16-14-36;1-20-17-36(18-21(2)38-20)19-23-9-7-22(8-10-23)11-14-28-25-13-12-24(15-30(25)35-34-28)27-16-32(27)26-5-3-4-6-29(26)33-31(32)37/h4-15,20-21,28H,16-19H2,1-3H3,(H,34,38)(H,35,36);3-12,17-18,27H,13-16,19-20H2,1-2H3,(H,33,34);3-15,20-21,27H,16-19H2,1-2H3,(H,33,37)(H,34,35)/b12-8+;11-7+;14-11+/t20-,21+,28-,33-;27-,32-;20-,21+,27-,32-/m000/s1. The van der Waals surface area contributed by atoms with E-state index in [-0.39, 0.29) is 59.9 Å². The van der Waals surface area contributed by atoms with E-state index in [1.807, 2.05) is 61.6 Å². The Morgan fingerprint density at radius 2 is 0.821 bits per heavy atom. The summed E-state index contributed by atoms with van der Waals surface area (Å²) in [5.74, 6) is 2.40. The number of para-hydroxylation sites is 1. The molecule has 3 saturated heterocycles. The minimum absolute atomic E-state index is 0.0779. The molecule has 3 saturated carbocycles. The van der Waals surface area contributed by atoms with Gasteiger partial charge in [-0.3, -0.25) is 44.4 Å². The molecule has 9 aromatic carbocycles. The Balaban J connectivity index is 0.000000117. The summed E-state index contributed by atoms with van der Waals surface area (Å²) in [5, 5.41) is 32.7. The SMILES string of the molecule is COc1ccc2c(c1)[C@]1(C[C@H]1c1ccc3c(/C=C/c4ccc(CN5CCOCC5)cc4)n[nH]c3c1)C(=O)N2C.COc1ccc2c(c1)[C@]1(C[C@H]1c1ccc3c(/C=C/c4ccc(CN5C[C@@H](C)O[C@@H](C)C5)cc4)n[nH]c3c1)C(=O)N2.C[C@@H]1CN(Cc2ccc(/C=C/c3n[nH]c4cc([C@@H]5C[C@@]56C(=O)Nc5ccccc56)ccc34)cc2)C[C@H](C)O1. The van der Waals surface area contributed by atoms with Crippen molar-refractivity contribution in [2.24, 2.45) is 0 Å². The van der Waals surface area contributed by atoms with Gasteiger partial charge in [-0.05, 0) is 193 Å². The summed E-state index contributed by atoms with van der Waals surface area (Å²) in [6.45, 7) is 18.9. The zero-order valence-corrected chi connectivity index (χ0v) is 67.2. The van der Waals surface area contributed by atoms with Crippen LogP contribution in [0.4, 0.5) is 17.1 Å². The van der Waals surface area contributed by atoms with Crippen LogP contribution in [0.3, 0.4) is 0 Å². The van der Waals surface area contributed by atoms with Crippen molar-refractivity contribution in [2.75, 3.05) is 89.3 Å². The number of H-pyrrole nitrogens is 3. The first-order valence-electron chi connectivity index (χ1n) is 41.2. The normalized spacial score (nSPS) is 25.2. The van der Waals surface area contributed by atoms with Gasteiger partial charge in [0, 0.05) is 117 Å². The van der Waals surface area contributed by atoms with Crippen LogP contribution in [0.25, 0.3) is 69.2 Å². The van der Waals surface area contributed by atoms with Crippen LogP contribution in [-0.2, 0) is 64.5 Å². The molecule has 0 radical (unpaired) electrons. The van der Waals surface area contributed by atoms with Gasteiger partial charge in [0.25, 0.3) is 0 Å². The smallest absolute Gasteiger partial charge is 0.238 e. The number of hydrogen-bond donors (Lipinski definition) is 5. The predicted molar refractivity (Wildman–Crippen MR) is 461 cm³/mol. The molecule has 21 rings (SSSR count). The van der Waals surface area contributed by atoms with Crippen molar-refractivity contribution in [3.8, 4) is 11.5 Å². The van der Waals surface area contributed by atoms with E-state index >= 15 is 0 Å². The van der Waals surface area contributed by atoms with Gasteiger partial charge in [-0.15, -0.1) is 0 Å². The number of anilines is 3. The Bertz CT molecular complexity index is 5880. The van der Waals surface area contributed by atoms with Gasteiger partial charge in [-0.25, -0.2) is 0 Å². The highest BCUT2D eigenvalue weighted by molar-refractivity contribution is 6.13. The van der Waals surface area contributed by atoms with Crippen molar-refractivity contribution < 1.29 is 38.1 Å². The van der Waals surface area contributed by atoms with Crippen LogP contribution < -0.4 is 25.0 Å². The second-order valence-electron chi connectivity index (χ2n) is 33.6. The Labute approximate surface area is 681 Å². The number of benzene rings is 9. The zero-order valence-electron chi connectivity index (χ0n) is 67.2. The summed E-state index contributed by atoms with van der Waals surface area (Å²) >= 11 is 0. The van der Waals surface area contributed by atoms with Crippen LogP contribution in [0.1, 0.15) is 149 Å². The molecule has 3 spiro atoms. The van der Waals surface area contributed by atoms with Crippen LogP contribution in [0.5, 0.6) is 11.5 Å². The summed E-state index contributed by atoms with van der Waals surface area (Å²) in [6.07, 6.45) is 16.1. The highest BCUT2D eigenvalue weighted by atomic mass is 16.5. The van der Waals surface area contributed by atoms with Crippen LogP contribution in [-0.4, -0.2) is 161 Å². The van der Waals surface area contributed by atoms with Crippen LogP contribution in [0.15, 0.2) is 188 Å². The Kier molecular flexibility index (Phi) is 19.8. The second kappa shape index (κ2) is 30.8. The number of ether oxygens (including phenoxy) is 5. The van der Waals surface area contributed by atoms with Crippen LogP contribution in [0, 0.1) is 0 Å². The van der Waals surface area contributed by atoms with Crippen molar-refractivity contribution >= 4 is 104 Å². The Morgan fingerprint density at radius 1 is 0.427 bits per heavy atom. The van der Waals surface area contributed by atoms with E-state index < -0.39 is 16.2 Å². The molecule has 20 heteroatoms. The average Bonchev–Trinajstić information content (AvgIpc) is 1.69.